The van der Waals surface area contributed by atoms with Gasteiger partial charge in [0.15, 0.2) is 5.78 Å². The third-order valence-electron chi connectivity index (χ3n) is 6.52. The zero-order valence-corrected chi connectivity index (χ0v) is 18.4. The molecule has 0 fully saturated rings. The molecule has 2 N–H and O–H groups in total. The minimum Gasteiger partial charge on any atom is -0.384 e. The smallest absolute Gasteiger partial charge is 0.248 e. The fraction of sp³-hybridized carbons (Fsp3) is 0.192. The summed E-state index contributed by atoms with van der Waals surface area (Å²) in [6.45, 7) is 0.0151. The summed E-state index contributed by atoms with van der Waals surface area (Å²) in [5.74, 6) is 2.00. The average Bonchev–Trinajstić information content (AvgIpc) is 3.05. The number of anilines is 2. The van der Waals surface area contributed by atoms with Crippen molar-refractivity contribution in [2.75, 3.05) is 16.3 Å². The standard InChI is InChI=1S/C26H19ClN4O2/c1-2-14-30-19-10-5-3-8-16(19)26(25(30)33)17(15-28)24(29)31(20-11-6-4-9-18(20)27)21-12-7-13-22(32)23(21)26/h1,3-6,8-11H,7,12-14,29H2/t26-/m0/s1. The van der Waals surface area contributed by atoms with Crippen LogP contribution in [0.3, 0.4) is 0 Å². The molecule has 0 saturated carbocycles. The van der Waals surface area contributed by atoms with Crippen LogP contribution in [0.25, 0.3) is 0 Å². The second-order valence-corrected chi connectivity index (χ2v) is 8.53. The van der Waals surface area contributed by atoms with Crippen LogP contribution >= 0.6 is 11.6 Å². The molecule has 1 aliphatic carbocycles. The molecule has 2 aromatic carbocycles. The predicted octanol–water partition coefficient (Wildman–Crippen LogP) is 3.78. The van der Waals surface area contributed by atoms with Gasteiger partial charge in [-0.15, -0.1) is 6.42 Å². The maximum Gasteiger partial charge on any atom is 0.248 e. The molecule has 2 heterocycles. The van der Waals surface area contributed by atoms with Crippen LogP contribution < -0.4 is 15.5 Å². The van der Waals surface area contributed by atoms with E-state index in [2.05, 4.69) is 12.0 Å². The van der Waals surface area contributed by atoms with E-state index in [1.165, 1.54) is 4.90 Å². The lowest BCUT2D eigenvalue weighted by Gasteiger charge is -2.44. The highest BCUT2D eigenvalue weighted by Crippen LogP contribution is 2.57. The van der Waals surface area contributed by atoms with E-state index in [4.69, 9.17) is 23.8 Å². The van der Waals surface area contributed by atoms with Crippen molar-refractivity contribution in [2.24, 2.45) is 5.73 Å². The van der Waals surface area contributed by atoms with Crippen LogP contribution in [-0.4, -0.2) is 18.2 Å². The normalized spacial score (nSPS) is 21.8. The number of Topliss-reactive ketones (excluding diaryl/α,β-unsaturated/α-hetero) is 1. The molecule has 2 aliphatic heterocycles. The minimum absolute atomic E-state index is 0.00777. The lowest BCUT2D eigenvalue weighted by atomic mass is 9.64. The Bertz CT molecular complexity index is 1380. The number of carbonyl (C=O) groups excluding carboxylic acids is 2. The lowest BCUT2D eigenvalue weighted by molar-refractivity contribution is -0.124. The van der Waals surface area contributed by atoms with Crippen LogP contribution in [0.15, 0.2) is 71.2 Å². The van der Waals surface area contributed by atoms with Crippen molar-refractivity contribution in [3.05, 3.63) is 81.8 Å². The largest absolute Gasteiger partial charge is 0.384 e. The fourth-order valence-electron chi connectivity index (χ4n) is 5.28. The van der Waals surface area contributed by atoms with Crippen molar-refractivity contribution in [1.82, 2.24) is 0 Å². The van der Waals surface area contributed by atoms with E-state index in [9.17, 15) is 14.9 Å². The average molecular weight is 455 g/mol. The van der Waals surface area contributed by atoms with Gasteiger partial charge in [0.1, 0.15) is 17.3 Å². The highest BCUT2D eigenvalue weighted by Gasteiger charge is 2.62. The molecule has 0 aromatic heterocycles. The number of rotatable bonds is 2. The molecule has 3 aliphatic rings. The molecule has 0 unspecified atom stereocenters. The van der Waals surface area contributed by atoms with Gasteiger partial charge < -0.3 is 5.73 Å². The lowest BCUT2D eigenvalue weighted by Crippen LogP contribution is -2.52. The summed E-state index contributed by atoms with van der Waals surface area (Å²) >= 11 is 6.50. The highest BCUT2D eigenvalue weighted by atomic mass is 35.5. The van der Waals surface area contributed by atoms with E-state index in [-0.39, 0.29) is 35.7 Å². The first kappa shape index (κ1) is 20.9. The van der Waals surface area contributed by atoms with Crippen LogP contribution in [0.5, 0.6) is 0 Å². The molecular weight excluding hydrogens is 436 g/mol. The molecular formula is C26H19ClN4O2. The second-order valence-electron chi connectivity index (χ2n) is 8.12. The minimum atomic E-state index is -1.63. The molecule has 6 nitrogen and oxygen atoms in total. The van der Waals surface area contributed by atoms with E-state index < -0.39 is 11.3 Å². The zero-order chi connectivity index (χ0) is 23.3. The number of amides is 1. The Balaban J connectivity index is 1.91. The van der Waals surface area contributed by atoms with Gasteiger partial charge in [-0.2, -0.15) is 5.26 Å². The quantitative estimate of drug-likeness (QED) is 0.697. The number of hydrogen-bond donors (Lipinski definition) is 1. The van der Waals surface area contributed by atoms with Gasteiger partial charge >= 0.3 is 0 Å². The Labute approximate surface area is 196 Å². The van der Waals surface area contributed by atoms with Crippen molar-refractivity contribution < 1.29 is 9.59 Å². The number of nitriles is 1. The number of allylic oxidation sites excluding steroid dienone is 1. The number of carbonyl (C=O) groups is 2. The third kappa shape index (κ3) is 2.62. The maximum atomic E-state index is 14.1. The number of benzene rings is 2. The van der Waals surface area contributed by atoms with Gasteiger partial charge in [0.05, 0.1) is 22.8 Å². The molecule has 7 heteroatoms. The summed E-state index contributed by atoms with van der Waals surface area (Å²) in [7, 11) is 0. The zero-order valence-electron chi connectivity index (χ0n) is 17.6. The summed E-state index contributed by atoms with van der Waals surface area (Å²) in [5, 5.41) is 10.8. The molecule has 1 amide bonds. The van der Waals surface area contributed by atoms with Crippen LogP contribution in [0.2, 0.25) is 5.02 Å². The van der Waals surface area contributed by atoms with Gasteiger partial charge in [-0.25, -0.2) is 0 Å². The highest BCUT2D eigenvalue weighted by molar-refractivity contribution is 6.33. The van der Waals surface area contributed by atoms with Crippen LogP contribution in [0.1, 0.15) is 24.8 Å². The summed E-state index contributed by atoms with van der Waals surface area (Å²) in [6.07, 6.45) is 6.96. The topological polar surface area (TPSA) is 90.4 Å². The van der Waals surface area contributed by atoms with E-state index in [0.717, 1.165) is 0 Å². The first-order valence-corrected chi connectivity index (χ1v) is 10.9. The van der Waals surface area contributed by atoms with Gasteiger partial charge in [0, 0.05) is 28.9 Å². The Morgan fingerprint density at radius 2 is 1.79 bits per heavy atom. The van der Waals surface area contributed by atoms with E-state index in [1.54, 1.807) is 53.4 Å². The molecule has 2 aromatic rings. The van der Waals surface area contributed by atoms with E-state index >= 15 is 0 Å². The molecule has 5 rings (SSSR count). The Morgan fingerprint density at radius 1 is 1.09 bits per heavy atom. The Hall–Kier alpha value is -4.00. The van der Waals surface area contributed by atoms with Gasteiger partial charge in [0.25, 0.3) is 0 Å². The fourth-order valence-corrected chi connectivity index (χ4v) is 5.51. The second kappa shape index (κ2) is 7.55. The Kier molecular flexibility index (Phi) is 4.78. The number of fused-ring (bicyclic) bond motifs is 3. The van der Waals surface area contributed by atoms with Crippen molar-refractivity contribution in [3.8, 4) is 18.4 Å². The van der Waals surface area contributed by atoms with Crippen LogP contribution in [-0.2, 0) is 15.0 Å². The maximum absolute atomic E-state index is 14.1. The first-order valence-electron chi connectivity index (χ1n) is 10.5. The van der Waals surface area contributed by atoms with E-state index in [0.29, 0.717) is 40.5 Å². The molecule has 1 spiro atoms. The summed E-state index contributed by atoms with van der Waals surface area (Å²) in [6, 6.07) is 16.4. The van der Waals surface area contributed by atoms with Gasteiger partial charge in [-0.1, -0.05) is 47.9 Å². The van der Waals surface area contributed by atoms with Crippen LogP contribution in [0.4, 0.5) is 11.4 Å². The third-order valence-corrected chi connectivity index (χ3v) is 6.84. The number of nitrogens with zero attached hydrogens (tertiary/aromatic N) is 3. The first-order chi connectivity index (χ1) is 16.0. The van der Waals surface area contributed by atoms with Crippen molar-refractivity contribution in [2.45, 2.75) is 24.7 Å². The predicted molar refractivity (Wildman–Crippen MR) is 126 cm³/mol. The summed E-state index contributed by atoms with van der Waals surface area (Å²) in [5.41, 5.74) is 7.60. The molecule has 33 heavy (non-hydrogen) atoms. The van der Waals surface area contributed by atoms with Crippen molar-refractivity contribution in [3.63, 3.8) is 0 Å². The number of nitrogens with two attached hydrogens (primary N) is 1. The van der Waals surface area contributed by atoms with Crippen molar-refractivity contribution >= 4 is 34.7 Å². The number of para-hydroxylation sites is 2. The molecule has 0 saturated heterocycles. The Morgan fingerprint density at radius 3 is 2.48 bits per heavy atom. The van der Waals surface area contributed by atoms with E-state index in [1.807, 2.05) is 0 Å². The number of ketones is 1. The molecule has 1 atom stereocenters. The molecule has 0 bridgehead atoms. The van der Waals surface area contributed by atoms with Gasteiger partial charge in [-0.05, 0) is 31.0 Å². The van der Waals surface area contributed by atoms with Crippen molar-refractivity contribution in [1.29, 1.82) is 5.26 Å². The van der Waals surface area contributed by atoms with Crippen LogP contribution in [0, 0.1) is 23.7 Å². The number of halogens is 1. The summed E-state index contributed by atoms with van der Waals surface area (Å²) in [4.78, 5) is 30.8. The molecule has 0 radical (unpaired) electrons. The monoisotopic (exact) mass is 454 g/mol. The summed E-state index contributed by atoms with van der Waals surface area (Å²) < 4.78 is 0. The van der Waals surface area contributed by atoms with Gasteiger partial charge in [0.2, 0.25) is 5.91 Å². The van der Waals surface area contributed by atoms with Gasteiger partial charge in [-0.3, -0.25) is 19.4 Å². The SMILES string of the molecule is C#CCN1C(=O)[C@]2(C(C#N)=C(N)N(c3ccccc3Cl)C3=C2C(=O)CCC3)c2ccccc21. The number of terminal acetylenes is 1. The number of hydrogen-bond acceptors (Lipinski definition) is 5. The molecule has 162 valence electrons.